The van der Waals surface area contributed by atoms with Crippen LogP contribution in [0.5, 0.6) is 0 Å². The highest BCUT2D eigenvalue weighted by molar-refractivity contribution is 7.80. The van der Waals surface area contributed by atoms with Crippen LogP contribution in [0, 0.1) is 13.8 Å². The summed E-state index contributed by atoms with van der Waals surface area (Å²) >= 11 is 5.05. The van der Waals surface area contributed by atoms with Gasteiger partial charge < -0.3 is 10.6 Å². The molecular formula is C17H18N2OS. The average Bonchev–Trinajstić information content (AvgIpc) is 2.48. The first-order valence-corrected chi connectivity index (χ1v) is 7.06. The Bertz CT molecular complexity index is 710. The van der Waals surface area contributed by atoms with E-state index in [1.165, 1.54) is 0 Å². The van der Waals surface area contributed by atoms with Crippen LogP contribution in [0.3, 0.4) is 0 Å². The minimum atomic E-state index is -0.0817. The largest absolute Gasteiger partial charge is 0.389 e. The van der Waals surface area contributed by atoms with Crippen molar-refractivity contribution in [3.8, 4) is 0 Å². The Labute approximate surface area is 130 Å². The van der Waals surface area contributed by atoms with Crippen molar-refractivity contribution >= 4 is 28.8 Å². The molecule has 0 saturated heterocycles. The normalized spacial score (nSPS) is 10.2. The number of carbonyl (C=O) groups excluding carboxylic acids is 1. The Kier molecular flexibility index (Phi) is 4.38. The molecule has 2 rings (SSSR count). The number of thiocarbonyl (C=S) groups is 1. The van der Waals surface area contributed by atoms with E-state index in [9.17, 15) is 4.79 Å². The van der Waals surface area contributed by atoms with Crippen molar-refractivity contribution in [1.29, 1.82) is 0 Å². The van der Waals surface area contributed by atoms with Gasteiger partial charge in [-0.2, -0.15) is 0 Å². The molecule has 0 fully saturated rings. The van der Waals surface area contributed by atoms with Crippen LogP contribution >= 0.6 is 12.2 Å². The number of para-hydroxylation sites is 1. The van der Waals surface area contributed by atoms with Crippen LogP contribution in [0.2, 0.25) is 0 Å². The van der Waals surface area contributed by atoms with E-state index < -0.39 is 0 Å². The van der Waals surface area contributed by atoms with Gasteiger partial charge in [-0.15, -0.1) is 0 Å². The first-order valence-electron chi connectivity index (χ1n) is 6.66. The number of hydrogen-bond acceptors (Lipinski definition) is 2. The van der Waals surface area contributed by atoms with E-state index in [-0.39, 0.29) is 10.9 Å². The topological polar surface area (TPSA) is 46.3 Å². The zero-order chi connectivity index (χ0) is 15.6. The fraction of sp³-hybridized carbons (Fsp3) is 0.176. The standard InChI is InChI=1S/C17H18N2OS/c1-11-8-9-13(10-12(11)2)17(20)19(3)15-7-5-4-6-14(15)16(18)21/h4-10H,1-3H3,(H2,18,21). The minimum absolute atomic E-state index is 0.0817. The van der Waals surface area contributed by atoms with Gasteiger partial charge in [-0.3, -0.25) is 4.79 Å². The number of rotatable bonds is 3. The predicted octanol–water partition coefficient (Wildman–Crippen LogP) is 3.21. The van der Waals surface area contributed by atoms with Crippen molar-refractivity contribution in [2.45, 2.75) is 13.8 Å². The summed E-state index contributed by atoms with van der Waals surface area (Å²) in [5.74, 6) is -0.0817. The molecule has 2 aromatic carbocycles. The second-order valence-electron chi connectivity index (χ2n) is 5.04. The second kappa shape index (κ2) is 6.06. The quantitative estimate of drug-likeness (QED) is 0.885. The highest BCUT2D eigenvalue weighted by Gasteiger charge is 2.17. The molecule has 0 heterocycles. The van der Waals surface area contributed by atoms with Crippen LogP contribution in [0.25, 0.3) is 0 Å². The summed E-state index contributed by atoms with van der Waals surface area (Å²) in [6.45, 7) is 4.02. The molecule has 0 aliphatic rings. The number of hydrogen-bond donors (Lipinski definition) is 1. The molecule has 0 radical (unpaired) electrons. The third-order valence-electron chi connectivity index (χ3n) is 3.59. The number of nitrogens with zero attached hydrogens (tertiary/aromatic N) is 1. The van der Waals surface area contributed by atoms with E-state index in [2.05, 4.69) is 0 Å². The molecule has 0 aromatic heterocycles. The van der Waals surface area contributed by atoms with Gasteiger partial charge in [0.15, 0.2) is 0 Å². The molecule has 0 bridgehead atoms. The molecule has 0 aliphatic carbocycles. The SMILES string of the molecule is Cc1ccc(C(=O)N(C)c2ccccc2C(N)=S)cc1C. The lowest BCUT2D eigenvalue weighted by Gasteiger charge is -2.20. The monoisotopic (exact) mass is 298 g/mol. The van der Waals surface area contributed by atoms with E-state index in [4.69, 9.17) is 18.0 Å². The number of nitrogens with two attached hydrogens (primary N) is 1. The van der Waals surface area contributed by atoms with Crippen molar-refractivity contribution in [2.24, 2.45) is 5.73 Å². The van der Waals surface area contributed by atoms with Gasteiger partial charge in [0.2, 0.25) is 0 Å². The molecule has 2 aromatic rings. The maximum atomic E-state index is 12.6. The molecule has 21 heavy (non-hydrogen) atoms. The third kappa shape index (κ3) is 3.11. The van der Waals surface area contributed by atoms with Crippen molar-refractivity contribution < 1.29 is 4.79 Å². The Morgan fingerprint density at radius 2 is 1.76 bits per heavy atom. The number of carbonyl (C=O) groups is 1. The van der Waals surface area contributed by atoms with Crippen LogP contribution in [0.1, 0.15) is 27.0 Å². The Morgan fingerprint density at radius 3 is 2.38 bits per heavy atom. The minimum Gasteiger partial charge on any atom is -0.389 e. The maximum Gasteiger partial charge on any atom is 0.258 e. The summed E-state index contributed by atoms with van der Waals surface area (Å²) in [5, 5.41) is 0. The lowest BCUT2D eigenvalue weighted by atomic mass is 10.0. The van der Waals surface area contributed by atoms with Gasteiger partial charge in [0.25, 0.3) is 5.91 Å². The molecule has 0 aliphatic heterocycles. The second-order valence-corrected chi connectivity index (χ2v) is 5.48. The smallest absolute Gasteiger partial charge is 0.258 e. The Morgan fingerprint density at radius 1 is 1.10 bits per heavy atom. The number of anilines is 1. The molecule has 0 unspecified atom stereocenters. The molecule has 0 atom stereocenters. The molecule has 2 N–H and O–H groups in total. The highest BCUT2D eigenvalue weighted by atomic mass is 32.1. The summed E-state index contributed by atoms with van der Waals surface area (Å²) in [4.78, 5) is 14.5. The van der Waals surface area contributed by atoms with Gasteiger partial charge in [0.1, 0.15) is 4.99 Å². The molecule has 4 heteroatoms. The lowest BCUT2D eigenvalue weighted by Crippen LogP contribution is -2.28. The van der Waals surface area contributed by atoms with Crippen LogP contribution in [0.4, 0.5) is 5.69 Å². The van der Waals surface area contributed by atoms with E-state index in [0.29, 0.717) is 16.8 Å². The Hall–Kier alpha value is -2.20. The number of benzene rings is 2. The maximum absolute atomic E-state index is 12.6. The van der Waals surface area contributed by atoms with Crippen LogP contribution in [-0.2, 0) is 0 Å². The third-order valence-corrected chi connectivity index (χ3v) is 3.81. The van der Waals surface area contributed by atoms with E-state index in [0.717, 1.165) is 11.1 Å². The fourth-order valence-electron chi connectivity index (χ4n) is 2.15. The Balaban J connectivity index is 2.40. The lowest BCUT2D eigenvalue weighted by molar-refractivity contribution is 0.0993. The number of amides is 1. The zero-order valence-electron chi connectivity index (χ0n) is 12.4. The zero-order valence-corrected chi connectivity index (χ0v) is 13.2. The van der Waals surface area contributed by atoms with Gasteiger partial charge in [-0.25, -0.2) is 0 Å². The molecule has 3 nitrogen and oxygen atoms in total. The van der Waals surface area contributed by atoms with Crippen molar-refractivity contribution in [3.05, 3.63) is 64.7 Å². The van der Waals surface area contributed by atoms with E-state index in [1.807, 2.05) is 56.3 Å². The molecule has 0 spiro atoms. The van der Waals surface area contributed by atoms with Gasteiger partial charge in [0.05, 0.1) is 5.69 Å². The summed E-state index contributed by atoms with van der Waals surface area (Å²) in [6.07, 6.45) is 0. The number of aryl methyl sites for hydroxylation is 2. The van der Waals surface area contributed by atoms with Crippen molar-refractivity contribution in [2.75, 3.05) is 11.9 Å². The molecule has 108 valence electrons. The van der Waals surface area contributed by atoms with Crippen LogP contribution in [-0.4, -0.2) is 17.9 Å². The molecule has 1 amide bonds. The first kappa shape index (κ1) is 15.2. The van der Waals surface area contributed by atoms with Crippen LogP contribution in [0.15, 0.2) is 42.5 Å². The summed E-state index contributed by atoms with van der Waals surface area (Å²) in [5.41, 5.74) is 10.1. The summed E-state index contributed by atoms with van der Waals surface area (Å²) in [6, 6.07) is 13.1. The average molecular weight is 298 g/mol. The van der Waals surface area contributed by atoms with E-state index >= 15 is 0 Å². The summed E-state index contributed by atoms with van der Waals surface area (Å²) < 4.78 is 0. The van der Waals surface area contributed by atoms with Gasteiger partial charge in [-0.05, 0) is 49.2 Å². The van der Waals surface area contributed by atoms with Gasteiger partial charge >= 0.3 is 0 Å². The van der Waals surface area contributed by atoms with E-state index in [1.54, 1.807) is 11.9 Å². The van der Waals surface area contributed by atoms with Crippen molar-refractivity contribution in [3.63, 3.8) is 0 Å². The first-order chi connectivity index (χ1) is 9.91. The highest BCUT2D eigenvalue weighted by Crippen LogP contribution is 2.21. The molecule has 0 saturated carbocycles. The molecular weight excluding hydrogens is 280 g/mol. The van der Waals surface area contributed by atoms with Crippen LogP contribution < -0.4 is 10.6 Å². The van der Waals surface area contributed by atoms with Gasteiger partial charge in [-0.1, -0.05) is 30.4 Å². The van der Waals surface area contributed by atoms with Gasteiger partial charge in [0, 0.05) is 18.2 Å². The fourth-order valence-corrected chi connectivity index (χ4v) is 2.32. The predicted molar refractivity (Wildman–Crippen MR) is 91.0 cm³/mol. The van der Waals surface area contributed by atoms with Crippen molar-refractivity contribution in [1.82, 2.24) is 0 Å². The summed E-state index contributed by atoms with van der Waals surface area (Å²) in [7, 11) is 1.73.